The molecule has 5 heteroatoms. The van der Waals surface area contributed by atoms with Gasteiger partial charge in [0, 0.05) is 16.0 Å². The fourth-order valence-corrected chi connectivity index (χ4v) is 5.19. The molecule has 0 fully saturated rings. The Bertz CT molecular complexity index is 894. The molecule has 0 aliphatic carbocycles. The second kappa shape index (κ2) is 6.59. The van der Waals surface area contributed by atoms with Crippen molar-refractivity contribution in [3.8, 4) is 31.7 Å². The van der Waals surface area contributed by atoms with Crippen molar-refractivity contribution in [2.45, 2.75) is 6.92 Å². The van der Waals surface area contributed by atoms with E-state index in [2.05, 4.69) is 52.1 Å². The fourth-order valence-electron chi connectivity index (χ4n) is 2.46. The Hall–Kier alpha value is -1.82. The highest BCUT2D eigenvalue weighted by Gasteiger charge is 2.18. The lowest BCUT2D eigenvalue weighted by Crippen LogP contribution is -1.79. The molecule has 2 nitrogen and oxygen atoms in total. The molecule has 0 spiro atoms. The van der Waals surface area contributed by atoms with Crippen LogP contribution in [-0.2, 0) is 0 Å². The van der Waals surface area contributed by atoms with E-state index in [-0.39, 0.29) is 0 Å². The van der Waals surface area contributed by atoms with E-state index in [4.69, 9.17) is 4.98 Å². The summed E-state index contributed by atoms with van der Waals surface area (Å²) in [6.45, 7) is 2.12. The Morgan fingerprint density at radius 2 is 1.29 bits per heavy atom. The van der Waals surface area contributed by atoms with E-state index < -0.39 is 0 Å². The molecule has 0 radical (unpaired) electrons. The molecule has 4 rings (SSSR count). The van der Waals surface area contributed by atoms with Crippen LogP contribution in [0.25, 0.3) is 31.7 Å². The normalized spacial score (nSPS) is 10.9. The van der Waals surface area contributed by atoms with E-state index in [1.54, 1.807) is 22.7 Å². The van der Waals surface area contributed by atoms with Gasteiger partial charge in [0.05, 0.1) is 10.6 Å². The van der Waals surface area contributed by atoms with E-state index in [1.807, 2.05) is 36.4 Å². The van der Waals surface area contributed by atoms with Crippen LogP contribution >= 0.6 is 38.6 Å². The van der Waals surface area contributed by atoms with Gasteiger partial charge in [0.25, 0.3) is 0 Å². The third kappa shape index (κ3) is 2.95. The Kier molecular flexibility index (Phi) is 4.31. The second-order valence-corrected chi connectivity index (χ2v) is 8.25. The van der Waals surface area contributed by atoms with Crippen LogP contribution in [0.1, 0.15) is 4.88 Å². The number of hydrogen-bond donors (Lipinski definition) is 0. The number of halogens is 1. The maximum atomic E-state index is 4.88. The number of rotatable bonds is 3. The molecule has 2 aromatic carbocycles. The average molecular weight is 413 g/mol. The Balaban J connectivity index is 1.78. The number of nitrogens with zero attached hydrogens (tertiary/aromatic N) is 2. The molecule has 0 amide bonds. The number of hydrogen-bond acceptors (Lipinski definition) is 4. The first-order chi connectivity index (χ1) is 11.7. The van der Waals surface area contributed by atoms with Gasteiger partial charge in [-0.15, -0.1) is 22.7 Å². The Morgan fingerprint density at radius 1 is 0.750 bits per heavy atom. The van der Waals surface area contributed by atoms with E-state index in [1.165, 1.54) is 4.88 Å². The summed E-state index contributed by atoms with van der Waals surface area (Å²) in [5.74, 6) is 0. The van der Waals surface area contributed by atoms with Gasteiger partial charge in [-0.1, -0.05) is 60.7 Å². The highest BCUT2D eigenvalue weighted by atomic mass is 79.9. The molecule has 0 atom stereocenters. The average Bonchev–Trinajstić information content (AvgIpc) is 3.19. The molecule has 24 heavy (non-hydrogen) atoms. The van der Waals surface area contributed by atoms with E-state index in [0.717, 1.165) is 36.3 Å². The van der Waals surface area contributed by atoms with Crippen molar-refractivity contribution in [1.29, 1.82) is 0 Å². The predicted molar refractivity (Wildman–Crippen MR) is 107 cm³/mol. The molecule has 4 aromatic rings. The largest absolute Gasteiger partial charge is 0.235 e. The van der Waals surface area contributed by atoms with E-state index in [9.17, 15) is 0 Å². The van der Waals surface area contributed by atoms with E-state index in [0.29, 0.717) is 0 Å². The van der Waals surface area contributed by atoms with Crippen LogP contribution in [-0.4, -0.2) is 9.97 Å². The number of thiazole rings is 2. The molecule has 0 aliphatic heterocycles. The molecule has 0 bridgehead atoms. The van der Waals surface area contributed by atoms with Gasteiger partial charge in [0.2, 0.25) is 0 Å². The van der Waals surface area contributed by atoms with Crippen molar-refractivity contribution in [1.82, 2.24) is 9.97 Å². The SMILES string of the molecule is Cc1sc(-c2ccccc2)nc1-c1sc(-c2ccccc2)nc1Br. The van der Waals surface area contributed by atoms with Gasteiger partial charge in [-0.3, -0.25) is 0 Å². The first-order valence-electron chi connectivity index (χ1n) is 7.47. The van der Waals surface area contributed by atoms with Crippen LogP contribution in [0.3, 0.4) is 0 Å². The minimum Gasteiger partial charge on any atom is -0.235 e. The maximum absolute atomic E-state index is 4.88. The molecule has 0 unspecified atom stereocenters. The summed E-state index contributed by atoms with van der Waals surface area (Å²) >= 11 is 7.01. The van der Waals surface area contributed by atoms with E-state index >= 15 is 0 Å². The van der Waals surface area contributed by atoms with Gasteiger partial charge in [-0.25, -0.2) is 9.97 Å². The summed E-state index contributed by atoms with van der Waals surface area (Å²) in [6, 6.07) is 20.6. The fraction of sp³-hybridized carbons (Fsp3) is 0.0526. The maximum Gasteiger partial charge on any atom is 0.127 e. The van der Waals surface area contributed by atoms with Crippen molar-refractivity contribution >= 4 is 38.6 Å². The van der Waals surface area contributed by atoms with Crippen molar-refractivity contribution in [3.63, 3.8) is 0 Å². The Morgan fingerprint density at radius 3 is 1.88 bits per heavy atom. The summed E-state index contributed by atoms with van der Waals surface area (Å²) in [5.41, 5.74) is 3.30. The molecule has 0 saturated heterocycles. The van der Waals surface area contributed by atoms with Crippen LogP contribution < -0.4 is 0 Å². The zero-order valence-corrected chi connectivity index (χ0v) is 16.1. The summed E-state index contributed by atoms with van der Waals surface area (Å²) in [6.07, 6.45) is 0. The van der Waals surface area contributed by atoms with Gasteiger partial charge < -0.3 is 0 Å². The van der Waals surface area contributed by atoms with Crippen molar-refractivity contribution < 1.29 is 0 Å². The Labute approximate surface area is 157 Å². The predicted octanol–water partition coefficient (Wildman–Crippen LogP) is 6.67. The quantitative estimate of drug-likeness (QED) is 0.375. The monoisotopic (exact) mass is 412 g/mol. The zero-order chi connectivity index (χ0) is 16.5. The molecular formula is C19H13BrN2S2. The van der Waals surface area contributed by atoms with Crippen molar-refractivity contribution in [2.75, 3.05) is 0 Å². The van der Waals surface area contributed by atoms with Gasteiger partial charge >= 0.3 is 0 Å². The molecule has 2 heterocycles. The summed E-state index contributed by atoms with van der Waals surface area (Å²) in [4.78, 5) is 11.9. The first-order valence-corrected chi connectivity index (χ1v) is 9.90. The lowest BCUT2D eigenvalue weighted by Gasteiger charge is -1.95. The van der Waals surface area contributed by atoms with Gasteiger partial charge in [-0.05, 0) is 22.9 Å². The van der Waals surface area contributed by atoms with Crippen LogP contribution in [0.4, 0.5) is 0 Å². The third-order valence-electron chi connectivity index (χ3n) is 3.64. The highest BCUT2D eigenvalue weighted by Crippen LogP contribution is 2.41. The first kappa shape index (κ1) is 15.7. The van der Waals surface area contributed by atoms with Crippen molar-refractivity contribution in [2.24, 2.45) is 0 Å². The van der Waals surface area contributed by atoms with Crippen LogP contribution in [0.2, 0.25) is 0 Å². The standard InChI is InChI=1S/C19H13BrN2S2/c1-12-15(21-18(23-12)13-8-4-2-5-9-13)16-17(20)22-19(24-16)14-10-6-3-7-11-14/h2-11H,1H3. The molecule has 0 aliphatic rings. The van der Waals surface area contributed by atoms with Gasteiger partial charge in [-0.2, -0.15) is 0 Å². The number of aryl methyl sites for hydroxylation is 1. The highest BCUT2D eigenvalue weighted by molar-refractivity contribution is 9.10. The van der Waals surface area contributed by atoms with Crippen LogP contribution in [0.5, 0.6) is 0 Å². The topological polar surface area (TPSA) is 25.8 Å². The summed E-state index contributed by atoms with van der Waals surface area (Å²) in [5, 5.41) is 2.05. The lowest BCUT2D eigenvalue weighted by atomic mass is 10.2. The van der Waals surface area contributed by atoms with Crippen LogP contribution in [0, 0.1) is 6.92 Å². The molecule has 118 valence electrons. The number of aromatic nitrogens is 2. The number of benzene rings is 2. The minimum absolute atomic E-state index is 0.861. The summed E-state index contributed by atoms with van der Waals surface area (Å²) < 4.78 is 0.861. The third-order valence-corrected chi connectivity index (χ3v) is 6.61. The molecule has 0 N–H and O–H groups in total. The van der Waals surface area contributed by atoms with Crippen LogP contribution in [0.15, 0.2) is 65.3 Å². The smallest absolute Gasteiger partial charge is 0.127 e. The zero-order valence-electron chi connectivity index (χ0n) is 12.9. The molecule has 2 aromatic heterocycles. The van der Waals surface area contributed by atoms with Crippen molar-refractivity contribution in [3.05, 3.63) is 70.1 Å². The van der Waals surface area contributed by atoms with Gasteiger partial charge in [0.1, 0.15) is 14.6 Å². The lowest BCUT2D eigenvalue weighted by molar-refractivity contribution is 1.33. The second-order valence-electron chi connectivity index (χ2n) is 5.29. The molecular weight excluding hydrogens is 400 g/mol. The van der Waals surface area contributed by atoms with Gasteiger partial charge in [0.15, 0.2) is 0 Å². The summed E-state index contributed by atoms with van der Waals surface area (Å²) in [7, 11) is 0. The molecule has 0 saturated carbocycles. The minimum atomic E-state index is 0.861.